The number of aromatic nitrogens is 1. The highest BCUT2D eigenvalue weighted by molar-refractivity contribution is 5.99. The fourth-order valence-corrected chi connectivity index (χ4v) is 5.80. The van der Waals surface area contributed by atoms with E-state index in [1.165, 1.54) is 18.2 Å². The largest absolute Gasteiger partial charge is 0.477 e. The lowest BCUT2D eigenvalue weighted by Crippen LogP contribution is -2.45. The van der Waals surface area contributed by atoms with Crippen LogP contribution in [0.1, 0.15) is 80.8 Å². The number of carbonyl (C=O) groups is 1. The second-order valence-electron chi connectivity index (χ2n) is 11.2. The first-order chi connectivity index (χ1) is 17.6. The van der Waals surface area contributed by atoms with Crippen LogP contribution < -0.4 is 21.8 Å². The molecule has 0 amide bonds. The third kappa shape index (κ3) is 4.82. The van der Waals surface area contributed by atoms with Crippen LogP contribution in [0.5, 0.6) is 0 Å². The van der Waals surface area contributed by atoms with Gasteiger partial charge in [-0.15, -0.1) is 0 Å². The summed E-state index contributed by atoms with van der Waals surface area (Å²) in [5.41, 5.74) is 6.34. The average molecular weight is 507 g/mol. The van der Waals surface area contributed by atoms with E-state index >= 15 is 4.39 Å². The molecule has 7 nitrogen and oxygen atoms in total. The monoisotopic (exact) mass is 506 g/mol. The van der Waals surface area contributed by atoms with Crippen molar-refractivity contribution in [1.29, 1.82) is 0 Å². The van der Waals surface area contributed by atoms with Crippen molar-refractivity contribution in [3.63, 3.8) is 0 Å². The third-order valence-electron chi connectivity index (χ3n) is 8.08. The van der Waals surface area contributed by atoms with Crippen LogP contribution in [0.15, 0.2) is 47.4 Å². The van der Waals surface area contributed by atoms with Gasteiger partial charge in [0.1, 0.15) is 5.56 Å². The van der Waals surface area contributed by atoms with Gasteiger partial charge in [-0.3, -0.25) is 4.79 Å². The minimum atomic E-state index is -1.36. The van der Waals surface area contributed by atoms with Crippen LogP contribution in [-0.2, 0) is 0 Å². The highest BCUT2D eigenvalue weighted by atomic mass is 19.1. The van der Waals surface area contributed by atoms with E-state index in [0.717, 1.165) is 25.7 Å². The van der Waals surface area contributed by atoms with Crippen molar-refractivity contribution in [2.45, 2.75) is 82.5 Å². The number of nitrogens with zero attached hydrogens (tertiary/aromatic N) is 1. The van der Waals surface area contributed by atoms with Crippen LogP contribution in [0.4, 0.5) is 15.8 Å². The Hall–Kier alpha value is -3.39. The van der Waals surface area contributed by atoms with Gasteiger partial charge in [-0.25, -0.2) is 9.18 Å². The smallest absolute Gasteiger partial charge is 0.341 e. The van der Waals surface area contributed by atoms with E-state index < -0.39 is 22.8 Å². The van der Waals surface area contributed by atoms with E-state index in [-0.39, 0.29) is 28.3 Å². The summed E-state index contributed by atoms with van der Waals surface area (Å²) in [5.74, 6) is -1.49. The molecule has 1 heterocycles. The summed E-state index contributed by atoms with van der Waals surface area (Å²) in [7, 11) is 0. The van der Waals surface area contributed by atoms with Crippen molar-refractivity contribution in [2.24, 2.45) is 0 Å². The van der Waals surface area contributed by atoms with Gasteiger partial charge in [-0.2, -0.15) is 0 Å². The zero-order valence-corrected chi connectivity index (χ0v) is 21.6. The van der Waals surface area contributed by atoms with Gasteiger partial charge in [-0.05, 0) is 64.5 Å². The van der Waals surface area contributed by atoms with Gasteiger partial charge < -0.3 is 26.0 Å². The Morgan fingerprint density at radius 2 is 1.89 bits per heavy atom. The number of anilines is 2. The molecule has 0 bridgehead atoms. The highest BCUT2D eigenvalue weighted by Crippen LogP contribution is 2.42. The van der Waals surface area contributed by atoms with Crippen LogP contribution in [0, 0.1) is 5.82 Å². The predicted octanol–water partition coefficient (Wildman–Crippen LogP) is 5.26. The highest BCUT2D eigenvalue weighted by Gasteiger charge is 2.41. The number of nitrogens with two attached hydrogens (primary N) is 1. The first-order valence-electron chi connectivity index (χ1n) is 13.1. The van der Waals surface area contributed by atoms with Crippen molar-refractivity contribution >= 4 is 28.2 Å². The van der Waals surface area contributed by atoms with Crippen molar-refractivity contribution in [3.05, 3.63) is 69.8 Å². The number of pyridine rings is 1. The van der Waals surface area contributed by atoms with E-state index in [4.69, 9.17) is 5.73 Å². The molecule has 0 saturated heterocycles. The van der Waals surface area contributed by atoms with Crippen LogP contribution in [0.2, 0.25) is 0 Å². The van der Waals surface area contributed by atoms with Gasteiger partial charge in [0.25, 0.3) is 0 Å². The Bertz CT molecular complexity index is 1390. The molecular weight excluding hydrogens is 471 g/mol. The van der Waals surface area contributed by atoms with Gasteiger partial charge in [-0.1, -0.05) is 30.3 Å². The number of hydrogen-bond donors (Lipinski definition) is 4. The lowest BCUT2D eigenvalue weighted by atomic mass is 9.80. The van der Waals surface area contributed by atoms with Gasteiger partial charge in [0, 0.05) is 35.8 Å². The standard InChI is InChI=1S/C29H35FN4O3/c1-16(2)34-15-20(28(36)37)27(35)24-23(34)14-22(25(30)26(24)31)33-29(3)11-9-18(10-12-29)32-21-13-19(21)17-7-5-4-6-8-17/h4-8,14-16,18-19,21,32-33H,9-13,31H2,1-3H3,(H,36,37)/t18-,19-,21+,29-/m1/s1. The molecule has 2 aliphatic rings. The zero-order valence-electron chi connectivity index (χ0n) is 21.6. The summed E-state index contributed by atoms with van der Waals surface area (Å²) in [5, 5.41) is 16.6. The molecule has 5 N–H and O–H groups in total. The lowest BCUT2D eigenvalue weighted by molar-refractivity contribution is 0.0694. The third-order valence-corrected chi connectivity index (χ3v) is 8.08. The van der Waals surface area contributed by atoms with Crippen LogP contribution >= 0.6 is 0 Å². The summed E-state index contributed by atoms with van der Waals surface area (Å²) in [4.78, 5) is 24.5. The van der Waals surface area contributed by atoms with Crippen molar-refractivity contribution in [1.82, 2.24) is 9.88 Å². The molecule has 0 radical (unpaired) electrons. The predicted molar refractivity (Wildman–Crippen MR) is 145 cm³/mol. The number of aromatic carboxylic acids is 1. The van der Waals surface area contributed by atoms with Crippen LogP contribution in [-0.4, -0.2) is 33.3 Å². The Morgan fingerprint density at radius 1 is 1.22 bits per heavy atom. The fourth-order valence-electron chi connectivity index (χ4n) is 5.80. The minimum absolute atomic E-state index is 0.0906. The second-order valence-corrected chi connectivity index (χ2v) is 11.2. The SMILES string of the molecule is CC(C)n1cc(C(=O)O)c(=O)c2c(N)c(F)c(N[C@]3(C)CC[C@@H](N[C@H]4C[C@@H]4c4ccccc4)CC3)cc21. The summed E-state index contributed by atoms with van der Waals surface area (Å²) < 4.78 is 17.1. The molecule has 8 heteroatoms. The number of nitrogen functional groups attached to an aromatic ring is 1. The summed E-state index contributed by atoms with van der Waals surface area (Å²) in [6.45, 7) is 5.84. The average Bonchev–Trinajstić information content (AvgIpc) is 3.63. The molecule has 37 heavy (non-hydrogen) atoms. The molecule has 1 aromatic heterocycles. The number of hydrogen-bond acceptors (Lipinski definition) is 5. The van der Waals surface area contributed by atoms with Gasteiger partial charge in [0.2, 0.25) is 5.43 Å². The normalized spacial score (nSPS) is 25.4. The minimum Gasteiger partial charge on any atom is -0.477 e. The zero-order chi connectivity index (χ0) is 26.5. The number of fused-ring (bicyclic) bond motifs is 1. The van der Waals surface area contributed by atoms with Crippen molar-refractivity contribution in [2.75, 3.05) is 11.1 Å². The maximum absolute atomic E-state index is 15.5. The molecule has 0 spiro atoms. The maximum Gasteiger partial charge on any atom is 0.341 e. The molecule has 0 unspecified atom stereocenters. The summed E-state index contributed by atoms with van der Waals surface area (Å²) in [6, 6.07) is 13.0. The lowest BCUT2D eigenvalue weighted by Gasteiger charge is -2.39. The number of carboxylic acid groups (broad SMARTS) is 1. The molecule has 2 saturated carbocycles. The Balaban J connectivity index is 1.33. The molecule has 2 atom stereocenters. The first kappa shape index (κ1) is 25.3. The number of nitrogens with one attached hydrogen (secondary N) is 2. The number of benzene rings is 2. The van der Waals surface area contributed by atoms with Crippen LogP contribution in [0.3, 0.4) is 0 Å². The van der Waals surface area contributed by atoms with E-state index in [1.807, 2.05) is 19.9 Å². The summed E-state index contributed by atoms with van der Waals surface area (Å²) in [6.07, 6.45) is 6.16. The molecule has 5 rings (SSSR count). The molecule has 2 aliphatic carbocycles. The van der Waals surface area contributed by atoms with E-state index in [2.05, 4.69) is 41.8 Å². The van der Waals surface area contributed by atoms with Crippen LogP contribution in [0.25, 0.3) is 10.9 Å². The molecular formula is C29H35FN4O3. The molecule has 196 valence electrons. The fraction of sp³-hybridized carbons (Fsp3) is 0.448. The Morgan fingerprint density at radius 3 is 2.51 bits per heavy atom. The topological polar surface area (TPSA) is 109 Å². The van der Waals surface area contributed by atoms with E-state index in [0.29, 0.717) is 23.5 Å². The number of halogens is 1. The molecule has 2 fully saturated rings. The van der Waals surface area contributed by atoms with Crippen molar-refractivity contribution in [3.8, 4) is 0 Å². The maximum atomic E-state index is 15.5. The van der Waals surface area contributed by atoms with E-state index in [1.54, 1.807) is 10.6 Å². The number of carboxylic acids is 1. The molecule has 0 aliphatic heterocycles. The second kappa shape index (κ2) is 9.49. The van der Waals surface area contributed by atoms with Crippen molar-refractivity contribution < 1.29 is 14.3 Å². The van der Waals surface area contributed by atoms with E-state index in [9.17, 15) is 14.7 Å². The van der Waals surface area contributed by atoms with Gasteiger partial charge in [0.15, 0.2) is 5.82 Å². The molecule has 2 aromatic carbocycles. The quantitative estimate of drug-likeness (QED) is 0.326. The summed E-state index contributed by atoms with van der Waals surface area (Å²) >= 11 is 0. The molecule has 3 aromatic rings. The first-order valence-corrected chi connectivity index (χ1v) is 13.1. The van der Waals surface area contributed by atoms with Gasteiger partial charge >= 0.3 is 5.97 Å². The Labute approximate surface area is 215 Å². The number of rotatable bonds is 7. The van der Waals surface area contributed by atoms with Gasteiger partial charge in [0.05, 0.1) is 22.3 Å². The Kier molecular flexibility index (Phi) is 6.48.